The van der Waals surface area contributed by atoms with Gasteiger partial charge in [0, 0.05) is 14.0 Å². The normalized spacial score (nSPS) is 19.3. The summed E-state index contributed by atoms with van der Waals surface area (Å²) in [6.07, 6.45) is 3.65. The lowest BCUT2D eigenvalue weighted by Gasteiger charge is -2.28. The number of ether oxygens (including phenoxy) is 1. The second-order valence-corrected chi connectivity index (χ2v) is 4.98. The molecule has 1 amide bonds. The highest BCUT2D eigenvalue weighted by Crippen LogP contribution is 2.37. The first-order valence-electron chi connectivity index (χ1n) is 6.45. The molecule has 0 aromatic carbocycles. The highest BCUT2D eigenvalue weighted by atomic mass is 16.5. The van der Waals surface area contributed by atoms with Gasteiger partial charge in [-0.05, 0) is 12.8 Å². The quantitative estimate of drug-likeness (QED) is 0.792. The van der Waals surface area contributed by atoms with Crippen LogP contribution in [0, 0.1) is 6.92 Å². The van der Waals surface area contributed by atoms with E-state index < -0.39 is 11.6 Å². The van der Waals surface area contributed by atoms with Crippen LogP contribution in [0.1, 0.15) is 37.4 Å². The Morgan fingerprint density at radius 2 is 2.26 bits per heavy atom. The molecule has 0 radical (unpaired) electrons. The van der Waals surface area contributed by atoms with Gasteiger partial charge in [-0.25, -0.2) is 0 Å². The Morgan fingerprint density at radius 1 is 1.58 bits per heavy atom. The second kappa shape index (κ2) is 5.66. The molecule has 3 N–H and O–H groups in total. The monoisotopic (exact) mass is 268 g/mol. The molecule has 1 heterocycles. The molecule has 0 saturated heterocycles. The van der Waals surface area contributed by atoms with Crippen molar-refractivity contribution < 1.29 is 14.1 Å². The summed E-state index contributed by atoms with van der Waals surface area (Å²) in [5.41, 5.74) is 5.21. The average Bonchev–Trinajstić information content (AvgIpc) is 2.99. The van der Waals surface area contributed by atoms with E-state index in [0.29, 0.717) is 11.7 Å². The summed E-state index contributed by atoms with van der Waals surface area (Å²) >= 11 is 0. The number of rotatable bonds is 5. The summed E-state index contributed by atoms with van der Waals surface area (Å²) in [5.74, 6) is 0.795. The Hall–Kier alpha value is -1.47. The molecule has 2 rings (SSSR count). The molecule has 1 aromatic heterocycles. The molecule has 7 heteroatoms. The Morgan fingerprint density at radius 3 is 2.79 bits per heavy atom. The highest BCUT2D eigenvalue weighted by molar-refractivity contribution is 5.82. The topological polar surface area (TPSA) is 103 Å². The average molecular weight is 268 g/mol. The number of aryl methyl sites for hydroxylation is 1. The summed E-state index contributed by atoms with van der Waals surface area (Å²) in [5, 5.41) is 6.93. The maximum absolute atomic E-state index is 12.1. The van der Waals surface area contributed by atoms with Crippen LogP contribution >= 0.6 is 0 Å². The van der Waals surface area contributed by atoms with Crippen LogP contribution < -0.4 is 11.1 Å². The summed E-state index contributed by atoms with van der Waals surface area (Å²) in [6.45, 7) is 1.92. The van der Waals surface area contributed by atoms with Crippen LogP contribution in [0.4, 0.5) is 0 Å². The Kier molecular flexibility index (Phi) is 4.16. The molecule has 1 unspecified atom stereocenters. The maximum Gasteiger partial charge on any atom is 0.240 e. The Balaban J connectivity index is 2.14. The molecule has 1 fully saturated rings. The third kappa shape index (κ3) is 2.93. The van der Waals surface area contributed by atoms with Gasteiger partial charge in [-0.1, -0.05) is 18.0 Å². The molecule has 0 bridgehead atoms. The van der Waals surface area contributed by atoms with Crippen LogP contribution in [-0.2, 0) is 15.1 Å². The Labute approximate surface area is 111 Å². The van der Waals surface area contributed by atoms with Crippen molar-refractivity contribution in [3.8, 4) is 0 Å². The standard InChI is InChI=1S/C12H20N4O3/c1-8-14-11(16-19-8)12(5-3-4-6-12)15-10(17)9(13)7-18-2/h9H,3-7,13H2,1-2H3,(H,15,17). The lowest BCUT2D eigenvalue weighted by atomic mass is 9.96. The predicted octanol–water partition coefficient (Wildman–Crippen LogP) is 0.237. The summed E-state index contributed by atoms with van der Waals surface area (Å²) in [7, 11) is 1.51. The van der Waals surface area contributed by atoms with Crippen molar-refractivity contribution in [3.05, 3.63) is 11.7 Å². The number of amides is 1. The molecule has 106 valence electrons. The van der Waals surface area contributed by atoms with Crippen molar-refractivity contribution >= 4 is 5.91 Å². The van der Waals surface area contributed by atoms with E-state index in [0.717, 1.165) is 25.7 Å². The lowest BCUT2D eigenvalue weighted by Crippen LogP contribution is -2.52. The van der Waals surface area contributed by atoms with Gasteiger partial charge in [-0.15, -0.1) is 0 Å². The fraction of sp³-hybridized carbons (Fsp3) is 0.750. The van der Waals surface area contributed by atoms with Crippen LogP contribution in [0.2, 0.25) is 0 Å². The number of nitrogens with two attached hydrogens (primary N) is 1. The van der Waals surface area contributed by atoms with Gasteiger partial charge >= 0.3 is 0 Å². The molecular formula is C12H20N4O3. The number of hydrogen-bond donors (Lipinski definition) is 2. The Bertz CT molecular complexity index is 440. The highest BCUT2D eigenvalue weighted by Gasteiger charge is 2.41. The second-order valence-electron chi connectivity index (χ2n) is 4.98. The molecule has 19 heavy (non-hydrogen) atoms. The number of hydrogen-bond acceptors (Lipinski definition) is 6. The van der Waals surface area contributed by atoms with Gasteiger partial charge in [-0.2, -0.15) is 4.98 Å². The van der Waals surface area contributed by atoms with E-state index in [2.05, 4.69) is 15.5 Å². The van der Waals surface area contributed by atoms with E-state index in [-0.39, 0.29) is 12.5 Å². The van der Waals surface area contributed by atoms with Crippen molar-refractivity contribution in [2.24, 2.45) is 5.73 Å². The smallest absolute Gasteiger partial charge is 0.240 e. The van der Waals surface area contributed by atoms with E-state index in [4.69, 9.17) is 15.0 Å². The van der Waals surface area contributed by atoms with Crippen LogP contribution in [0.5, 0.6) is 0 Å². The zero-order valence-electron chi connectivity index (χ0n) is 11.3. The third-order valence-corrected chi connectivity index (χ3v) is 3.46. The first-order valence-corrected chi connectivity index (χ1v) is 6.45. The van der Waals surface area contributed by atoms with Crippen molar-refractivity contribution in [2.75, 3.05) is 13.7 Å². The summed E-state index contributed by atoms with van der Waals surface area (Å²) in [4.78, 5) is 16.3. The van der Waals surface area contributed by atoms with Crippen molar-refractivity contribution in [3.63, 3.8) is 0 Å². The molecule has 0 spiro atoms. The van der Waals surface area contributed by atoms with Gasteiger partial charge in [0.25, 0.3) is 0 Å². The van der Waals surface area contributed by atoms with E-state index in [9.17, 15) is 4.79 Å². The predicted molar refractivity (Wildman–Crippen MR) is 67.2 cm³/mol. The van der Waals surface area contributed by atoms with Gasteiger partial charge in [-0.3, -0.25) is 4.79 Å². The van der Waals surface area contributed by atoms with Gasteiger partial charge in [0.2, 0.25) is 11.8 Å². The molecule has 7 nitrogen and oxygen atoms in total. The lowest BCUT2D eigenvalue weighted by molar-refractivity contribution is -0.125. The number of nitrogens with zero attached hydrogens (tertiary/aromatic N) is 2. The molecule has 1 aromatic rings. The summed E-state index contributed by atoms with van der Waals surface area (Å²) in [6, 6.07) is -0.685. The zero-order valence-corrected chi connectivity index (χ0v) is 11.3. The van der Waals surface area contributed by atoms with Crippen molar-refractivity contribution in [2.45, 2.75) is 44.2 Å². The van der Waals surface area contributed by atoms with Gasteiger partial charge < -0.3 is 20.3 Å². The number of aromatic nitrogens is 2. The first-order chi connectivity index (χ1) is 9.07. The van der Waals surface area contributed by atoms with E-state index in [1.165, 1.54) is 7.11 Å². The number of methoxy groups -OCH3 is 1. The molecule has 1 saturated carbocycles. The van der Waals surface area contributed by atoms with Gasteiger partial charge in [0.1, 0.15) is 11.6 Å². The fourth-order valence-electron chi connectivity index (χ4n) is 2.46. The molecule has 0 aliphatic heterocycles. The van der Waals surface area contributed by atoms with Gasteiger partial charge in [0.15, 0.2) is 5.82 Å². The van der Waals surface area contributed by atoms with Crippen LogP contribution in [0.25, 0.3) is 0 Å². The SMILES string of the molecule is COCC(N)C(=O)NC1(c2noc(C)n2)CCCC1. The zero-order chi connectivity index (χ0) is 13.9. The first kappa shape index (κ1) is 14.0. The van der Waals surface area contributed by atoms with Crippen molar-refractivity contribution in [1.82, 2.24) is 15.5 Å². The minimum absolute atomic E-state index is 0.188. The van der Waals surface area contributed by atoms with Gasteiger partial charge in [0.05, 0.1) is 6.61 Å². The third-order valence-electron chi connectivity index (χ3n) is 3.46. The van der Waals surface area contributed by atoms with Crippen LogP contribution in [0.3, 0.4) is 0 Å². The number of carbonyl (C=O) groups excluding carboxylic acids is 1. The van der Waals surface area contributed by atoms with E-state index >= 15 is 0 Å². The summed E-state index contributed by atoms with van der Waals surface area (Å²) < 4.78 is 9.92. The van der Waals surface area contributed by atoms with Crippen LogP contribution in [-0.4, -0.2) is 35.8 Å². The minimum Gasteiger partial charge on any atom is -0.383 e. The van der Waals surface area contributed by atoms with Crippen molar-refractivity contribution in [1.29, 1.82) is 0 Å². The maximum atomic E-state index is 12.1. The van der Waals surface area contributed by atoms with E-state index in [1.54, 1.807) is 6.92 Å². The largest absolute Gasteiger partial charge is 0.383 e. The fourth-order valence-corrected chi connectivity index (χ4v) is 2.46. The van der Waals surface area contributed by atoms with Crippen LogP contribution in [0.15, 0.2) is 4.52 Å². The molecular weight excluding hydrogens is 248 g/mol. The molecule has 1 aliphatic carbocycles. The minimum atomic E-state index is -0.685. The number of carbonyl (C=O) groups is 1. The molecule has 1 aliphatic rings. The van der Waals surface area contributed by atoms with E-state index in [1.807, 2.05) is 0 Å². The number of nitrogens with one attached hydrogen (secondary N) is 1. The molecule has 1 atom stereocenters.